The number of halogens is 1. The van der Waals surface area contributed by atoms with Crippen LogP contribution in [-0.4, -0.2) is 56.4 Å². The fraction of sp³-hybridized carbons (Fsp3) is 0.458. The number of Topliss-reactive ketones (excluding diaryl/α,β-unsaturated/α-hetero) is 1. The molecule has 0 N–H and O–H groups in total. The quantitative estimate of drug-likeness (QED) is 0.711. The van der Waals surface area contributed by atoms with Crippen LogP contribution in [0.4, 0.5) is 15.8 Å². The van der Waals surface area contributed by atoms with Gasteiger partial charge in [0.1, 0.15) is 5.82 Å². The summed E-state index contributed by atoms with van der Waals surface area (Å²) < 4.78 is 70.7. The van der Waals surface area contributed by atoms with Gasteiger partial charge in [-0.1, -0.05) is 12.1 Å². The second-order valence-corrected chi connectivity index (χ2v) is 7.86. The molecule has 4 nitrogen and oxygen atoms in total. The van der Waals surface area contributed by atoms with Gasteiger partial charge in [-0.25, -0.2) is 4.39 Å². The lowest BCUT2D eigenvalue weighted by atomic mass is 9.89. The van der Waals surface area contributed by atoms with Gasteiger partial charge in [-0.3, -0.25) is 4.79 Å². The Balaban J connectivity index is 1.34. The molecule has 5 rings (SSSR count). The summed E-state index contributed by atoms with van der Waals surface area (Å²) in [4.78, 5) is 17.7. The highest BCUT2D eigenvalue weighted by atomic mass is 19.1. The van der Waals surface area contributed by atoms with E-state index in [9.17, 15) is 9.18 Å². The van der Waals surface area contributed by atoms with Gasteiger partial charge in [0.05, 0.1) is 14.1 Å². The summed E-state index contributed by atoms with van der Waals surface area (Å²) in [6, 6.07) is 10.3. The van der Waals surface area contributed by atoms with E-state index in [2.05, 4.69) is 4.90 Å². The summed E-state index contributed by atoms with van der Waals surface area (Å²) >= 11 is 0. The average molecular weight is 401 g/mol. The van der Waals surface area contributed by atoms with E-state index < -0.39 is 31.4 Å². The highest BCUT2D eigenvalue weighted by molar-refractivity contribution is 5.95. The first-order chi connectivity index (χ1) is 16.8. The van der Waals surface area contributed by atoms with E-state index in [1.165, 1.54) is 12.1 Å². The lowest BCUT2D eigenvalue weighted by molar-refractivity contribution is 0.0971. The van der Waals surface area contributed by atoms with Gasteiger partial charge in [-0.05, 0) is 55.3 Å². The van der Waals surface area contributed by atoms with E-state index in [0.29, 0.717) is 25.3 Å². The molecule has 0 radical (unpaired) electrons. The Morgan fingerprint density at radius 3 is 2.97 bits per heavy atom. The van der Waals surface area contributed by atoms with E-state index >= 15 is 0 Å². The number of hydrogen-bond acceptors (Lipinski definition) is 4. The summed E-state index contributed by atoms with van der Waals surface area (Å²) in [5.41, 5.74) is 2.28. The number of carbonyl (C=O) groups excluding carboxylic acids is 1. The van der Waals surface area contributed by atoms with E-state index in [1.807, 2.05) is 11.0 Å². The zero-order valence-corrected chi connectivity index (χ0v) is 16.1. The van der Waals surface area contributed by atoms with Crippen LogP contribution >= 0.6 is 0 Å². The third-order valence-electron chi connectivity index (χ3n) is 6.25. The van der Waals surface area contributed by atoms with Crippen LogP contribution in [0.3, 0.4) is 0 Å². The lowest BCUT2D eigenvalue weighted by Crippen LogP contribution is -2.49. The zero-order valence-electron chi connectivity index (χ0n) is 23.1. The molecule has 0 bridgehead atoms. The molecule has 1 saturated heterocycles. The van der Waals surface area contributed by atoms with Gasteiger partial charge in [-0.2, -0.15) is 0 Å². The summed E-state index contributed by atoms with van der Waals surface area (Å²) in [7, 11) is 0. The Kier molecular flexibility index (Phi) is 3.17. The highest BCUT2D eigenvalue weighted by Gasteiger charge is 2.44. The van der Waals surface area contributed by atoms with Gasteiger partial charge in [-0.15, -0.1) is 0 Å². The van der Waals surface area contributed by atoms with Gasteiger partial charge in [0.25, 0.3) is 0 Å². The number of fused-ring (bicyclic) bond motifs is 3. The molecule has 0 amide bonds. The molecule has 0 spiro atoms. The second-order valence-electron chi connectivity index (χ2n) is 7.86. The lowest BCUT2D eigenvalue weighted by Gasteiger charge is -2.41. The fourth-order valence-electron chi connectivity index (χ4n) is 4.86. The van der Waals surface area contributed by atoms with Crippen molar-refractivity contribution in [3.05, 3.63) is 59.4 Å². The van der Waals surface area contributed by atoms with Crippen LogP contribution in [-0.2, 0) is 0 Å². The Hall–Kier alpha value is -2.40. The number of ketones is 1. The number of nitrogens with zero attached hydrogens (tertiary/aromatic N) is 3. The topological polar surface area (TPSA) is 26.8 Å². The molecular weight excluding hydrogens is 365 g/mol. The van der Waals surface area contributed by atoms with Gasteiger partial charge in [0, 0.05) is 63.9 Å². The van der Waals surface area contributed by atoms with Crippen molar-refractivity contribution in [1.82, 2.24) is 4.90 Å². The third-order valence-corrected chi connectivity index (χ3v) is 6.25. The van der Waals surface area contributed by atoms with Gasteiger partial charge in [0.15, 0.2) is 5.78 Å². The predicted molar refractivity (Wildman–Crippen MR) is 115 cm³/mol. The van der Waals surface area contributed by atoms with Crippen LogP contribution in [0.25, 0.3) is 0 Å². The van der Waals surface area contributed by atoms with E-state index in [4.69, 9.17) is 9.60 Å². The minimum atomic E-state index is -2.62. The van der Waals surface area contributed by atoms with Crippen molar-refractivity contribution in [1.29, 1.82) is 0 Å². The molecule has 152 valence electrons. The van der Waals surface area contributed by atoms with Crippen LogP contribution < -0.4 is 9.80 Å². The summed E-state index contributed by atoms with van der Waals surface area (Å²) in [6.45, 7) is -3.08. The van der Waals surface area contributed by atoms with Crippen LogP contribution in [0.1, 0.15) is 50.6 Å². The molecule has 2 aromatic carbocycles. The van der Waals surface area contributed by atoms with Gasteiger partial charge in [0.2, 0.25) is 0 Å². The number of benzene rings is 2. The molecule has 29 heavy (non-hydrogen) atoms. The molecule has 0 unspecified atom stereocenters. The molecular formula is C24H28FN3O. The number of piperidine rings is 1. The largest absolute Gasteiger partial charge is 0.371 e. The Morgan fingerprint density at radius 1 is 1.28 bits per heavy atom. The maximum absolute atomic E-state index is 13.2. The third kappa shape index (κ3) is 3.31. The van der Waals surface area contributed by atoms with Gasteiger partial charge < -0.3 is 14.7 Å². The van der Waals surface area contributed by atoms with Crippen LogP contribution in [0.5, 0.6) is 0 Å². The normalized spacial score (nSPS) is 29.3. The molecule has 0 aromatic heterocycles. The molecule has 2 aromatic rings. The number of para-hydroxylation sites is 1. The minimum Gasteiger partial charge on any atom is -0.371 e. The first-order valence-corrected chi connectivity index (χ1v) is 10.0. The average Bonchev–Trinajstić information content (AvgIpc) is 3.10. The predicted octanol–water partition coefficient (Wildman–Crippen LogP) is 3.92. The molecule has 2 atom stereocenters. The fourth-order valence-corrected chi connectivity index (χ4v) is 4.86. The molecule has 1 fully saturated rings. The van der Waals surface area contributed by atoms with Crippen molar-refractivity contribution in [3.63, 3.8) is 0 Å². The van der Waals surface area contributed by atoms with Crippen molar-refractivity contribution in [2.24, 2.45) is 0 Å². The summed E-state index contributed by atoms with van der Waals surface area (Å²) in [6.07, 6.45) is -1.38. The molecule has 3 heterocycles. The van der Waals surface area contributed by atoms with Crippen molar-refractivity contribution >= 4 is 17.2 Å². The number of carbonyl (C=O) groups is 1. The maximum Gasteiger partial charge on any atom is 0.162 e. The summed E-state index contributed by atoms with van der Waals surface area (Å²) in [5, 5.41) is 0. The second kappa shape index (κ2) is 7.45. The van der Waals surface area contributed by atoms with Crippen LogP contribution in [0, 0.1) is 5.82 Å². The number of anilines is 2. The molecule has 5 heteroatoms. The minimum absolute atomic E-state index is 0.00736. The van der Waals surface area contributed by atoms with E-state index in [0.717, 1.165) is 34.7 Å². The molecule has 0 aliphatic carbocycles. The van der Waals surface area contributed by atoms with E-state index in [1.54, 1.807) is 12.1 Å². The number of likely N-dealkylation sites (N-methyl/N-ethyl adjacent to an activating group) is 1. The van der Waals surface area contributed by atoms with Crippen molar-refractivity contribution < 1.29 is 18.8 Å². The van der Waals surface area contributed by atoms with Crippen molar-refractivity contribution in [3.8, 4) is 0 Å². The summed E-state index contributed by atoms with van der Waals surface area (Å²) in [5.74, 6) is -1.12. The number of hydrogen-bond donors (Lipinski definition) is 0. The van der Waals surface area contributed by atoms with Gasteiger partial charge >= 0.3 is 0 Å². The maximum atomic E-state index is 13.2. The van der Waals surface area contributed by atoms with E-state index in [-0.39, 0.29) is 30.5 Å². The SMILES string of the molecule is [2H]C([2H])(CCN1CC[C@H]2[C@@H](C1)c1cccc3c1N2CC([2H])([2H])N3C([2H])([2H])[2H])C(=O)c1ccc(F)cc1. The molecule has 3 aliphatic heterocycles. The van der Waals surface area contributed by atoms with Crippen molar-refractivity contribution in [2.75, 3.05) is 49.5 Å². The van der Waals surface area contributed by atoms with Crippen LogP contribution in [0.2, 0.25) is 0 Å². The highest BCUT2D eigenvalue weighted by Crippen LogP contribution is 2.50. The zero-order chi connectivity index (χ0) is 26.0. The Labute approximate surface area is 181 Å². The Morgan fingerprint density at radius 2 is 2.14 bits per heavy atom. The van der Waals surface area contributed by atoms with Crippen molar-refractivity contribution in [2.45, 2.75) is 31.2 Å². The standard InChI is InChI=1S/C24H28FN3O/c1-26-14-15-28-21-11-13-27(16-20(21)19-4-2-5-22(26)24(19)28)12-3-6-23(29)17-7-9-18(25)10-8-17/h2,4-5,7-10,20-21H,3,6,11-16H2,1H3/t20-,21-/m0/s1/i1D3,6D2,14D2. The number of likely N-dealkylation sites (tertiary alicyclic amines) is 1. The smallest absolute Gasteiger partial charge is 0.162 e. The first-order valence-electron chi connectivity index (χ1n) is 13.5. The molecule has 3 aliphatic rings. The van der Waals surface area contributed by atoms with Crippen LogP contribution in [0.15, 0.2) is 42.5 Å². The first kappa shape index (κ1) is 12.3. The monoisotopic (exact) mass is 400 g/mol. The Bertz CT molecular complexity index is 1170. The molecule has 0 saturated carbocycles. The number of rotatable bonds is 5.